The number of nitrogens with one attached hydrogen (secondary N) is 3. The first-order valence-corrected chi connectivity index (χ1v) is 22.6. The molecule has 22 nitrogen and oxygen atoms in total. The Kier molecular flexibility index (Phi) is 13.8. The molecular weight excluding hydrogens is 865 g/mol. The Morgan fingerprint density at radius 3 is 2.31 bits per heavy atom. The number of nitrogens with two attached hydrogens (primary N) is 2. The minimum absolute atomic E-state index is 0.00767. The number of primary amides is 2. The molecule has 0 bridgehead atoms. The summed E-state index contributed by atoms with van der Waals surface area (Å²) in [6.07, 6.45) is 0.602. The van der Waals surface area contributed by atoms with Crippen molar-refractivity contribution >= 4 is 57.6 Å². The Labute approximate surface area is 385 Å². The van der Waals surface area contributed by atoms with Gasteiger partial charge in [-0.05, 0) is 90.4 Å². The Hall–Kier alpha value is -7.04. The maximum Gasteiger partial charge on any atom is 0.276 e. The van der Waals surface area contributed by atoms with E-state index in [9.17, 15) is 24.3 Å². The van der Waals surface area contributed by atoms with Crippen LogP contribution in [0.3, 0.4) is 0 Å². The molecule has 1 unspecified atom stereocenters. The third-order valence-corrected chi connectivity index (χ3v) is 12.1. The molecule has 6 heterocycles. The van der Waals surface area contributed by atoms with Crippen LogP contribution in [0.2, 0.25) is 0 Å². The Morgan fingerprint density at radius 2 is 1.58 bits per heavy atom. The molecule has 0 saturated carbocycles. The largest absolute Gasteiger partial charge is 0.491 e. The standard InChI is InChI=1S/C45H58N14O8/c1-6-57-33(16-25(3)53-57)42(63)51-44-49-31-18-27(40(46)61)20-35(66-14-9-11-48-37(60)22-30-23-65-15-13-55(30)5)38(31)56(44)12-8-10-29-24-67-36-21-28(41(47)62)19-32-39(36)59(29)45(50-32)52-43(64)34-17-26(4)54-58(34)7-2/h16-21,29-30,43,64H,6-15,22-24H2,1-5H3,(H2,46,61)(H2,47,62)(H,48,60)(H,50,52)(H,49,51,63)/t29-,30-,43?/m0/s1. The van der Waals surface area contributed by atoms with E-state index < -0.39 is 23.9 Å². The van der Waals surface area contributed by atoms with Gasteiger partial charge in [0, 0.05) is 56.3 Å². The fourth-order valence-corrected chi connectivity index (χ4v) is 8.75. The van der Waals surface area contributed by atoms with Crippen LogP contribution in [0.25, 0.3) is 22.1 Å². The van der Waals surface area contributed by atoms with Crippen LogP contribution < -0.4 is 36.9 Å². The number of amides is 4. The lowest BCUT2D eigenvalue weighted by molar-refractivity contribution is -0.123. The molecule has 1 fully saturated rings. The van der Waals surface area contributed by atoms with Crippen molar-refractivity contribution in [1.82, 2.24) is 48.9 Å². The molecule has 8 rings (SSSR count). The number of hydrogen-bond donors (Lipinski definition) is 6. The number of rotatable bonds is 20. The lowest BCUT2D eigenvalue weighted by Crippen LogP contribution is -2.45. The number of hydrogen-bond acceptors (Lipinski definition) is 14. The molecule has 8 N–H and O–H groups in total. The molecule has 2 aliphatic heterocycles. The lowest BCUT2D eigenvalue weighted by Gasteiger charge is -2.31. The topological polar surface area (TPSA) is 279 Å². The zero-order chi connectivity index (χ0) is 47.5. The van der Waals surface area contributed by atoms with Gasteiger partial charge in [0.15, 0.2) is 6.23 Å². The van der Waals surface area contributed by atoms with Crippen LogP contribution in [0, 0.1) is 13.8 Å². The van der Waals surface area contributed by atoms with Gasteiger partial charge in [-0.2, -0.15) is 10.2 Å². The van der Waals surface area contributed by atoms with Gasteiger partial charge in [-0.15, -0.1) is 0 Å². The predicted molar refractivity (Wildman–Crippen MR) is 247 cm³/mol. The Balaban J connectivity index is 1.08. The summed E-state index contributed by atoms with van der Waals surface area (Å²) in [5, 5.41) is 29.6. The van der Waals surface area contributed by atoms with E-state index in [0.29, 0.717) is 122 Å². The number of carbonyl (C=O) groups excluding carboxylic acids is 4. The van der Waals surface area contributed by atoms with Crippen LogP contribution >= 0.6 is 0 Å². The van der Waals surface area contributed by atoms with Gasteiger partial charge < -0.3 is 50.6 Å². The average Bonchev–Trinajstić information content (AvgIpc) is 4.07. The number of ether oxygens (including phenoxy) is 3. The second kappa shape index (κ2) is 19.8. The van der Waals surface area contributed by atoms with Crippen LogP contribution in [0.1, 0.15) is 100 Å². The summed E-state index contributed by atoms with van der Waals surface area (Å²) in [6.45, 7) is 11.4. The van der Waals surface area contributed by atoms with Crippen LogP contribution in [0.15, 0.2) is 36.4 Å². The molecule has 67 heavy (non-hydrogen) atoms. The molecule has 2 aliphatic rings. The van der Waals surface area contributed by atoms with Gasteiger partial charge in [0.25, 0.3) is 5.91 Å². The van der Waals surface area contributed by atoms with Gasteiger partial charge in [-0.3, -0.25) is 38.8 Å². The highest BCUT2D eigenvalue weighted by Crippen LogP contribution is 2.40. The van der Waals surface area contributed by atoms with E-state index in [4.69, 9.17) is 35.6 Å². The maximum atomic E-state index is 13.9. The SMILES string of the molecule is CCn1nc(C)cc1C(=O)Nc1nc2cc(C(N)=O)cc(OCCCNC(=O)C[C@H]3COCCN3C)c2n1CCC[C@H]1COc2cc(C(N)=O)cc3nc(NC(O)c4cc(C)nn4CC)n1c23. The van der Waals surface area contributed by atoms with Gasteiger partial charge >= 0.3 is 0 Å². The second-order valence-electron chi connectivity index (χ2n) is 16.9. The highest BCUT2D eigenvalue weighted by Gasteiger charge is 2.31. The van der Waals surface area contributed by atoms with Crippen molar-refractivity contribution < 1.29 is 38.5 Å². The number of likely N-dealkylation sites (N-methyl/N-ethyl adjacent to an activating group) is 1. The number of morpholine rings is 1. The fraction of sp³-hybridized carbons (Fsp3) is 0.467. The maximum absolute atomic E-state index is 13.9. The molecule has 4 amide bonds. The third kappa shape index (κ3) is 9.91. The van der Waals surface area contributed by atoms with Gasteiger partial charge in [-0.25, -0.2) is 9.97 Å². The number of carbonyl (C=O) groups is 4. The Bertz CT molecular complexity index is 2830. The number of aryl methyl sites for hydroxylation is 5. The number of benzene rings is 2. The summed E-state index contributed by atoms with van der Waals surface area (Å²) in [5.74, 6) is -0.529. The number of anilines is 2. The first kappa shape index (κ1) is 46.5. The second-order valence-corrected chi connectivity index (χ2v) is 16.9. The highest BCUT2D eigenvalue weighted by atomic mass is 16.5. The smallest absolute Gasteiger partial charge is 0.276 e. The van der Waals surface area contributed by atoms with Gasteiger partial charge in [0.05, 0.1) is 54.0 Å². The van der Waals surface area contributed by atoms with Crippen molar-refractivity contribution in [3.05, 3.63) is 70.3 Å². The lowest BCUT2D eigenvalue weighted by atomic mass is 10.1. The quantitative estimate of drug-likeness (QED) is 0.0475. The number of aromatic nitrogens is 8. The monoisotopic (exact) mass is 922 g/mol. The van der Waals surface area contributed by atoms with Crippen molar-refractivity contribution in [1.29, 1.82) is 0 Å². The van der Waals surface area contributed by atoms with E-state index in [1.807, 2.05) is 43.9 Å². The zero-order valence-electron chi connectivity index (χ0n) is 38.4. The fourth-order valence-electron chi connectivity index (χ4n) is 8.75. The minimum atomic E-state index is -1.17. The average molecular weight is 923 g/mol. The summed E-state index contributed by atoms with van der Waals surface area (Å²) >= 11 is 0. The summed E-state index contributed by atoms with van der Waals surface area (Å²) < 4.78 is 25.3. The van der Waals surface area contributed by atoms with Crippen molar-refractivity contribution in [2.24, 2.45) is 11.5 Å². The van der Waals surface area contributed by atoms with E-state index in [-0.39, 0.29) is 48.3 Å². The molecule has 1 saturated heterocycles. The van der Waals surface area contributed by atoms with E-state index in [1.165, 1.54) is 0 Å². The molecule has 3 atom stereocenters. The van der Waals surface area contributed by atoms with Crippen molar-refractivity contribution in [3.63, 3.8) is 0 Å². The van der Waals surface area contributed by atoms with Crippen molar-refractivity contribution in [2.45, 2.75) is 91.3 Å². The molecule has 22 heteroatoms. The molecule has 0 radical (unpaired) electrons. The first-order chi connectivity index (χ1) is 32.2. The Morgan fingerprint density at radius 1 is 0.881 bits per heavy atom. The van der Waals surface area contributed by atoms with Crippen LogP contribution in [0.5, 0.6) is 11.5 Å². The van der Waals surface area contributed by atoms with Gasteiger partial charge in [0.1, 0.15) is 34.8 Å². The summed E-state index contributed by atoms with van der Waals surface area (Å²) in [6, 6.07) is 9.50. The number of nitrogens with zero attached hydrogens (tertiary/aromatic N) is 9. The molecule has 2 aromatic carbocycles. The molecule has 6 aromatic rings. The summed E-state index contributed by atoms with van der Waals surface area (Å²) in [4.78, 5) is 63.4. The molecule has 0 spiro atoms. The summed E-state index contributed by atoms with van der Waals surface area (Å²) in [5.41, 5.74) is 16.2. The van der Waals surface area contributed by atoms with Crippen molar-refractivity contribution in [2.75, 3.05) is 57.2 Å². The van der Waals surface area contributed by atoms with Crippen LogP contribution in [0.4, 0.5) is 11.9 Å². The van der Waals surface area contributed by atoms with E-state index in [2.05, 4.69) is 31.0 Å². The summed E-state index contributed by atoms with van der Waals surface area (Å²) in [7, 11) is 1.98. The van der Waals surface area contributed by atoms with Crippen molar-refractivity contribution in [3.8, 4) is 11.5 Å². The van der Waals surface area contributed by atoms with Gasteiger partial charge in [-0.1, -0.05) is 0 Å². The number of imidazole rings is 2. The van der Waals surface area contributed by atoms with Crippen LogP contribution in [-0.4, -0.2) is 125 Å². The minimum Gasteiger partial charge on any atom is -0.491 e. The normalized spacial score (nSPS) is 16.5. The predicted octanol–water partition coefficient (Wildman–Crippen LogP) is 3.01. The first-order valence-electron chi connectivity index (χ1n) is 22.6. The molecule has 356 valence electrons. The van der Waals surface area contributed by atoms with E-state index in [1.54, 1.807) is 45.8 Å². The number of aliphatic hydroxyl groups is 1. The zero-order valence-corrected chi connectivity index (χ0v) is 38.4. The number of fused-ring (bicyclic) bond motifs is 1. The van der Waals surface area contributed by atoms with Crippen LogP contribution in [-0.2, 0) is 29.2 Å². The third-order valence-electron chi connectivity index (χ3n) is 12.1. The number of aliphatic hydroxyl groups excluding tert-OH is 1. The van der Waals surface area contributed by atoms with E-state index in [0.717, 1.165) is 12.2 Å². The molecular formula is C45H58N14O8. The molecule has 0 aliphatic carbocycles. The highest BCUT2D eigenvalue weighted by molar-refractivity contribution is 6.04. The molecule has 4 aromatic heterocycles. The van der Waals surface area contributed by atoms with E-state index >= 15 is 0 Å². The van der Waals surface area contributed by atoms with Gasteiger partial charge in [0.2, 0.25) is 29.6 Å².